The van der Waals surface area contributed by atoms with Crippen LogP contribution in [0.1, 0.15) is 18.1 Å². The highest BCUT2D eigenvalue weighted by Crippen LogP contribution is 2.52. The number of allylic oxidation sites excluding steroid dienone is 3. The molecule has 0 aromatic heterocycles. The molecule has 7 nitrogen and oxygen atoms in total. The predicted octanol–water partition coefficient (Wildman–Crippen LogP) is 2.24. The van der Waals surface area contributed by atoms with Crippen LogP contribution in [-0.2, 0) is 29.2 Å². The molecule has 2 aliphatic rings. The highest BCUT2D eigenvalue weighted by Gasteiger charge is 2.62. The summed E-state index contributed by atoms with van der Waals surface area (Å²) in [5.41, 5.74) is 0.202. The Hall–Kier alpha value is -3.06. The smallest absolute Gasteiger partial charge is 0.334 e. The Morgan fingerprint density at radius 2 is 1.89 bits per heavy atom. The van der Waals surface area contributed by atoms with E-state index in [1.165, 1.54) is 40.4 Å². The lowest BCUT2D eigenvalue weighted by atomic mass is 9.67. The lowest BCUT2D eigenvalue weighted by Gasteiger charge is -2.42. The molecule has 142 valence electrons. The maximum Gasteiger partial charge on any atom is 0.334 e. The van der Waals surface area contributed by atoms with Gasteiger partial charge in [0.05, 0.1) is 14.2 Å². The fraction of sp³-hybridized carbons (Fsp3) is 0.300. The summed E-state index contributed by atoms with van der Waals surface area (Å²) in [5, 5.41) is 10.0. The topological polar surface area (TPSA) is 91.3 Å². The number of ether oxygens (including phenoxy) is 4. The number of Topliss-reactive ketones (excluding diaryl/α,β-unsaturated/α-hetero) is 1. The van der Waals surface area contributed by atoms with E-state index in [2.05, 4.69) is 6.58 Å². The molecule has 0 radical (unpaired) electrons. The molecule has 0 fully saturated rings. The normalized spacial score (nSPS) is 26.0. The van der Waals surface area contributed by atoms with Crippen LogP contribution in [0.25, 0.3) is 6.08 Å². The number of fused-ring (bicyclic) bond motifs is 2. The Morgan fingerprint density at radius 1 is 1.19 bits per heavy atom. The second-order valence-corrected chi connectivity index (χ2v) is 6.23. The predicted molar refractivity (Wildman–Crippen MR) is 96.1 cm³/mol. The minimum absolute atomic E-state index is 0.0217. The van der Waals surface area contributed by atoms with Crippen molar-refractivity contribution in [3.63, 3.8) is 0 Å². The number of hydrogen-bond acceptors (Lipinski definition) is 7. The van der Waals surface area contributed by atoms with Crippen molar-refractivity contribution in [2.75, 3.05) is 21.3 Å². The molecule has 1 aromatic rings. The Labute approximate surface area is 156 Å². The van der Waals surface area contributed by atoms with Gasteiger partial charge in [0.15, 0.2) is 17.3 Å². The van der Waals surface area contributed by atoms with E-state index in [9.17, 15) is 14.7 Å². The monoisotopic (exact) mass is 372 g/mol. The number of benzene rings is 1. The van der Waals surface area contributed by atoms with E-state index in [1.54, 1.807) is 18.2 Å². The standard InChI is InChI=1S/C20H20O7/c1-11-8-17(25-4)20(26-5,27-12(2)21)18(23)19(11)7-6-13-9-15(22)16(24-3)10-14(13)19/h6-10,22H,1H2,2-5H3. The minimum atomic E-state index is -2.06. The molecule has 7 heteroatoms. The van der Waals surface area contributed by atoms with Crippen LogP contribution in [0, 0.1) is 0 Å². The van der Waals surface area contributed by atoms with Crippen LogP contribution < -0.4 is 4.74 Å². The van der Waals surface area contributed by atoms with Crippen molar-refractivity contribution >= 4 is 17.8 Å². The van der Waals surface area contributed by atoms with Crippen LogP contribution in [0.2, 0.25) is 0 Å². The lowest BCUT2D eigenvalue weighted by Crippen LogP contribution is -2.58. The van der Waals surface area contributed by atoms with E-state index in [-0.39, 0.29) is 17.3 Å². The number of esters is 1. The number of carbonyl (C=O) groups is 2. The summed E-state index contributed by atoms with van der Waals surface area (Å²) in [7, 11) is 4.02. The average Bonchev–Trinajstić information content (AvgIpc) is 3.00. The van der Waals surface area contributed by atoms with Gasteiger partial charge in [0.25, 0.3) is 0 Å². The molecular weight excluding hydrogens is 352 g/mol. The van der Waals surface area contributed by atoms with Crippen molar-refractivity contribution < 1.29 is 33.6 Å². The maximum atomic E-state index is 13.7. The second-order valence-electron chi connectivity index (χ2n) is 6.23. The molecule has 2 unspecified atom stereocenters. The molecule has 1 spiro atoms. The van der Waals surface area contributed by atoms with Crippen LogP contribution in [-0.4, -0.2) is 44.0 Å². The number of hydrogen-bond donors (Lipinski definition) is 1. The highest BCUT2D eigenvalue weighted by molar-refractivity contribution is 6.08. The van der Waals surface area contributed by atoms with E-state index in [1.807, 2.05) is 0 Å². The summed E-state index contributed by atoms with van der Waals surface area (Å²) in [6.07, 6.45) is 4.85. The molecule has 0 heterocycles. The SMILES string of the molecule is C=C1C=C(OC)C(OC)(OC(C)=O)C(=O)C12C=Cc1cc(O)c(OC)cc12. The van der Waals surface area contributed by atoms with Gasteiger partial charge >= 0.3 is 11.8 Å². The number of methoxy groups -OCH3 is 3. The minimum Gasteiger partial charge on any atom is -0.504 e. The molecular formula is C20H20O7. The fourth-order valence-electron chi connectivity index (χ4n) is 3.62. The zero-order valence-electron chi connectivity index (χ0n) is 15.5. The summed E-state index contributed by atoms with van der Waals surface area (Å²) < 4.78 is 21.2. The molecule has 2 aliphatic carbocycles. The number of ketones is 1. The van der Waals surface area contributed by atoms with E-state index < -0.39 is 23.0 Å². The van der Waals surface area contributed by atoms with Crippen molar-refractivity contribution in [2.45, 2.75) is 18.1 Å². The van der Waals surface area contributed by atoms with Crippen LogP contribution in [0.5, 0.6) is 11.5 Å². The molecule has 0 bridgehead atoms. The third-order valence-corrected chi connectivity index (χ3v) is 4.88. The molecule has 27 heavy (non-hydrogen) atoms. The summed E-state index contributed by atoms with van der Waals surface area (Å²) in [6.45, 7) is 5.20. The van der Waals surface area contributed by atoms with Gasteiger partial charge in [-0.3, -0.25) is 9.59 Å². The Morgan fingerprint density at radius 3 is 2.44 bits per heavy atom. The molecule has 1 N–H and O–H groups in total. The summed E-state index contributed by atoms with van der Waals surface area (Å²) in [4.78, 5) is 25.5. The van der Waals surface area contributed by atoms with Crippen molar-refractivity contribution in [3.8, 4) is 11.5 Å². The molecule has 0 saturated heterocycles. The number of rotatable bonds is 4. The number of phenolic OH excluding ortho intramolecular Hbond substituents is 1. The van der Waals surface area contributed by atoms with Gasteiger partial charge < -0.3 is 24.1 Å². The number of carbonyl (C=O) groups excluding carboxylic acids is 2. The van der Waals surface area contributed by atoms with Gasteiger partial charge in [-0.1, -0.05) is 18.7 Å². The fourth-order valence-corrected chi connectivity index (χ4v) is 3.62. The Balaban J connectivity index is 2.29. The van der Waals surface area contributed by atoms with Crippen molar-refractivity contribution in [1.29, 1.82) is 0 Å². The molecule has 0 saturated carbocycles. The largest absolute Gasteiger partial charge is 0.504 e. The second kappa shape index (κ2) is 6.28. The van der Waals surface area contributed by atoms with Crippen molar-refractivity contribution in [3.05, 3.63) is 53.3 Å². The summed E-state index contributed by atoms with van der Waals surface area (Å²) in [6, 6.07) is 3.06. The average molecular weight is 372 g/mol. The van der Waals surface area contributed by atoms with E-state index in [4.69, 9.17) is 18.9 Å². The zero-order chi connectivity index (χ0) is 20.0. The first-order valence-corrected chi connectivity index (χ1v) is 8.12. The number of aromatic hydroxyl groups is 1. The van der Waals surface area contributed by atoms with Crippen molar-refractivity contribution in [1.82, 2.24) is 0 Å². The van der Waals surface area contributed by atoms with E-state index in [0.29, 0.717) is 16.7 Å². The van der Waals surface area contributed by atoms with Crippen LogP contribution in [0.3, 0.4) is 0 Å². The maximum absolute atomic E-state index is 13.7. The Kier molecular flexibility index (Phi) is 4.35. The first-order chi connectivity index (χ1) is 12.8. The van der Waals surface area contributed by atoms with Gasteiger partial charge in [0.1, 0.15) is 5.41 Å². The van der Waals surface area contributed by atoms with Gasteiger partial charge in [0.2, 0.25) is 5.78 Å². The molecule has 3 rings (SSSR count). The lowest BCUT2D eigenvalue weighted by molar-refractivity contribution is -0.217. The van der Waals surface area contributed by atoms with E-state index >= 15 is 0 Å². The third kappa shape index (κ3) is 2.39. The van der Waals surface area contributed by atoms with Crippen molar-refractivity contribution in [2.24, 2.45) is 0 Å². The van der Waals surface area contributed by atoms with E-state index in [0.717, 1.165) is 0 Å². The first kappa shape index (κ1) is 18.7. The number of phenols is 1. The Bertz CT molecular complexity index is 911. The van der Waals surface area contributed by atoms with Crippen LogP contribution in [0.15, 0.2) is 42.2 Å². The van der Waals surface area contributed by atoms with Gasteiger partial charge in [-0.05, 0) is 34.9 Å². The van der Waals surface area contributed by atoms with Crippen LogP contribution >= 0.6 is 0 Å². The van der Waals surface area contributed by atoms with Crippen LogP contribution in [0.4, 0.5) is 0 Å². The highest BCUT2D eigenvalue weighted by atomic mass is 16.7. The third-order valence-electron chi connectivity index (χ3n) is 4.88. The molecule has 0 aliphatic heterocycles. The molecule has 2 atom stereocenters. The van der Waals surface area contributed by atoms with Gasteiger partial charge in [0, 0.05) is 14.0 Å². The molecule has 1 aromatic carbocycles. The summed E-state index contributed by atoms with van der Waals surface area (Å²) >= 11 is 0. The quantitative estimate of drug-likeness (QED) is 0.640. The molecule has 0 amide bonds. The van der Waals surface area contributed by atoms with Gasteiger partial charge in [-0.2, -0.15) is 0 Å². The van der Waals surface area contributed by atoms with Gasteiger partial charge in [-0.15, -0.1) is 0 Å². The first-order valence-electron chi connectivity index (χ1n) is 8.12. The zero-order valence-corrected chi connectivity index (χ0v) is 15.5. The van der Waals surface area contributed by atoms with Gasteiger partial charge in [-0.25, -0.2) is 0 Å². The summed E-state index contributed by atoms with van der Waals surface area (Å²) in [5.74, 6) is -3.18.